The summed E-state index contributed by atoms with van der Waals surface area (Å²) in [7, 11) is 0. The van der Waals surface area contributed by atoms with E-state index in [1.54, 1.807) is 17.1 Å². The number of rotatable bonds is 8. The molecule has 4 aromatic rings. The predicted octanol–water partition coefficient (Wildman–Crippen LogP) is 4.61. The molecular formula is C24H23F3N8. The van der Waals surface area contributed by atoms with Crippen LogP contribution in [0.4, 0.5) is 19.0 Å². The number of nitrogens with zero attached hydrogens (tertiary/aromatic N) is 7. The third-order valence-electron chi connectivity index (χ3n) is 6.60. The lowest BCUT2D eigenvalue weighted by Gasteiger charge is -2.24. The standard InChI is InChI=1S/C24H23F3N8/c25-8-16-7-17(9-26)24(33-20(16)10-27)34-6-3-15(12-34)21(1-4-28)35-13-18(11-32-35)22-19-2-5-29-23(19)31-14-30-22/h2,5,7,11,13-15,21H,1,3,6,8-10,12H2,(H,29,30,31). The maximum atomic E-state index is 13.7. The van der Waals surface area contributed by atoms with Crippen LogP contribution in [0.2, 0.25) is 0 Å². The Hall–Kier alpha value is -3.94. The Balaban J connectivity index is 1.41. The van der Waals surface area contributed by atoms with E-state index in [4.69, 9.17) is 0 Å². The van der Waals surface area contributed by atoms with E-state index in [9.17, 15) is 18.4 Å². The van der Waals surface area contributed by atoms with E-state index < -0.39 is 20.0 Å². The lowest BCUT2D eigenvalue weighted by atomic mass is 9.96. The Morgan fingerprint density at radius 2 is 2.03 bits per heavy atom. The van der Waals surface area contributed by atoms with E-state index in [2.05, 4.69) is 31.1 Å². The largest absolute Gasteiger partial charge is 0.356 e. The summed E-state index contributed by atoms with van der Waals surface area (Å²) in [5.41, 5.74) is 2.60. The Bertz CT molecular complexity index is 1370. The molecule has 1 aliphatic rings. The topological polar surface area (TPSA) is 99.3 Å². The van der Waals surface area contributed by atoms with Gasteiger partial charge >= 0.3 is 0 Å². The van der Waals surface area contributed by atoms with Crippen molar-refractivity contribution < 1.29 is 13.2 Å². The summed E-state index contributed by atoms with van der Waals surface area (Å²) < 4.78 is 42.2. The molecule has 1 N–H and O–H groups in total. The van der Waals surface area contributed by atoms with E-state index in [1.165, 1.54) is 12.4 Å². The number of fused-ring (bicyclic) bond motifs is 1. The van der Waals surface area contributed by atoms with Crippen LogP contribution in [0.15, 0.2) is 37.1 Å². The van der Waals surface area contributed by atoms with E-state index >= 15 is 0 Å². The van der Waals surface area contributed by atoms with Gasteiger partial charge in [-0.2, -0.15) is 10.4 Å². The van der Waals surface area contributed by atoms with Crippen molar-refractivity contribution in [3.05, 3.63) is 53.9 Å². The van der Waals surface area contributed by atoms with Crippen LogP contribution in [0.5, 0.6) is 0 Å². The van der Waals surface area contributed by atoms with Gasteiger partial charge in [0, 0.05) is 53.5 Å². The summed E-state index contributed by atoms with van der Waals surface area (Å²) >= 11 is 0. The molecule has 8 nitrogen and oxygen atoms in total. The van der Waals surface area contributed by atoms with Crippen molar-refractivity contribution in [3.63, 3.8) is 0 Å². The first kappa shape index (κ1) is 22.8. The maximum Gasteiger partial charge on any atom is 0.141 e. The van der Waals surface area contributed by atoms with Gasteiger partial charge in [0.1, 0.15) is 37.8 Å². The highest BCUT2D eigenvalue weighted by Gasteiger charge is 2.33. The van der Waals surface area contributed by atoms with E-state index in [1.807, 2.05) is 17.2 Å². The van der Waals surface area contributed by atoms with Crippen LogP contribution in [-0.2, 0) is 20.0 Å². The van der Waals surface area contributed by atoms with Gasteiger partial charge in [-0.1, -0.05) is 0 Å². The zero-order chi connectivity index (χ0) is 24.4. The first-order valence-corrected chi connectivity index (χ1v) is 11.3. The Morgan fingerprint density at radius 3 is 2.80 bits per heavy atom. The summed E-state index contributed by atoms with van der Waals surface area (Å²) in [6.07, 6.45) is 7.85. The van der Waals surface area contributed by atoms with Crippen LogP contribution in [-0.4, -0.2) is 42.8 Å². The number of anilines is 1. The molecule has 0 bridgehead atoms. The Kier molecular flexibility index (Phi) is 6.35. The maximum absolute atomic E-state index is 13.7. The van der Waals surface area contributed by atoms with Crippen molar-refractivity contribution in [2.24, 2.45) is 5.92 Å². The van der Waals surface area contributed by atoms with Crippen molar-refractivity contribution in [3.8, 4) is 17.3 Å². The smallest absolute Gasteiger partial charge is 0.141 e. The molecule has 5 rings (SSSR count). The first-order valence-electron chi connectivity index (χ1n) is 11.3. The second-order valence-corrected chi connectivity index (χ2v) is 8.57. The Labute approximate surface area is 199 Å². The number of pyridine rings is 1. The van der Waals surface area contributed by atoms with Gasteiger partial charge in [0.15, 0.2) is 0 Å². The van der Waals surface area contributed by atoms with Crippen molar-refractivity contribution in [2.75, 3.05) is 18.0 Å². The lowest BCUT2D eigenvalue weighted by molar-refractivity contribution is 0.331. The summed E-state index contributed by atoms with van der Waals surface area (Å²) in [4.78, 5) is 17.8. The highest BCUT2D eigenvalue weighted by Crippen LogP contribution is 2.35. The summed E-state index contributed by atoms with van der Waals surface area (Å²) in [6.45, 7) is -1.56. The molecule has 4 aromatic heterocycles. The fourth-order valence-electron chi connectivity index (χ4n) is 4.84. The molecule has 2 unspecified atom stereocenters. The van der Waals surface area contributed by atoms with Gasteiger partial charge in [0.2, 0.25) is 0 Å². The molecule has 2 atom stereocenters. The minimum absolute atomic E-state index is 0.00522. The van der Waals surface area contributed by atoms with Gasteiger partial charge in [-0.25, -0.2) is 28.1 Å². The zero-order valence-corrected chi connectivity index (χ0v) is 18.8. The third-order valence-corrected chi connectivity index (χ3v) is 6.60. The quantitative estimate of drug-likeness (QED) is 0.396. The summed E-state index contributed by atoms with van der Waals surface area (Å²) in [5, 5.41) is 14.9. The number of H-pyrrole nitrogens is 1. The molecule has 1 aliphatic heterocycles. The average Bonchev–Trinajstić information content (AvgIpc) is 3.66. The molecule has 0 radical (unpaired) electrons. The monoisotopic (exact) mass is 480 g/mol. The van der Waals surface area contributed by atoms with Crippen LogP contribution < -0.4 is 4.90 Å². The second kappa shape index (κ2) is 9.74. The predicted molar refractivity (Wildman–Crippen MR) is 123 cm³/mol. The van der Waals surface area contributed by atoms with Gasteiger partial charge < -0.3 is 9.88 Å². The number of nitrogens with one attached hydrogen (secondary N) is 1. The van der Waals surface area contributed by atoms with Crippen molar-refractivity contribution in [2.45, 2.75) is 38.9 Å². The number of aromatic nitrogens is 6. The summed E-state index contributed by atoms with van der Waals surface area (Å²) in [6, 6.07) is 5.29. The number of hydrogen-bond acceptors (Lipinski definition) is 6. The normalized spacial score (nSPS) is 16.6. The molecule has 0 aromatic carbocycles. The SMILES string of the molecule is N#CCC(C1CCN(c2nc(CF)c(CF)cc2CF)C1)n1cc(-c2ncnc3[nH]ccc23)cn1. The van der Waals surface area contributed by atoms with Gasteiger partial charge in [-0.05, 0) is 18.6 Å². The van der Waals surface area contributed by atoms with E-state index in [0.29, 0.717) is 18.9 Å². The minimum Gasteiger partial charge on any atom is -0.356 e. The van der Waals surface area contributed by atoms with Crippen LogP contribution in [0.1, 0.15) is 35.7 Å². The highest BCUT2D eigenvalue weighted by molar-refractivity contribution is 5.89. The number of nitriles is 1. The van der Waals surface area contributed by atoms with Gasteiger partial charge in [0.05, 0.1) is 36.1 Å². The number of aromatic amines is 1. The van der Waals surface area contributed by atoms with Crippen LogP contribution in [0.3, 0.4) is 0 Å². The molecule has 1 saturated heterocycles. The van der Waals surface area contributed by atoms with Gasteiger partial charge in [-0.3, -0.25) is 4.68 Å². The van der Waals surface area contributed by atoms with Crippen molar-refractivity contribution in [1.82, 2.24) is 29.7 Å². The molecule has 5 heterocycles. The lowest BCUT2D eigenvalue weighted by Crippen LogP contribution is -2.26. The number of hydrogen-bond donors (Lipinski definition) is 1. The fourth-order valence-corrected chi connectivity index (χ4v) is 4.84. The molecule has 0 amide bonds. The molecule has 180 valence electrons. The molecule has 35 heavy (non-hydrogen) atoms. The highest BCUT2D eigenvalue weighted by atomic mass is 19.1. The van der Waals surface area contributed by atoms with E-state index in [0.717, 1.165) is 28.7 Å². The third kappa shape index (κ3) is 4.20. The fraction of sp³-hybridized carbons (Fsp3) is 0.375. The second-order valence-electron chi connectivity index (χ2n) is 8.57. The summed E-state index contributed by atoms with van der Waals surface area (Å²) in [5.74, 6) is 0.372. The molecular weight excluding hydrogens is 457 g/mol. The number of alkyl halides is 3. The van der Waals surface area contributed by atoms with E-state index in [-0.39, 0.29) is 35.2 Å². The molecule has 1 fully saturated rings. The van der Waals surface area contributed by atoms with Crippen molar-refractivity contribution >= 4 is 16.9 Å². The molecule has 0 aliphatic carbocycles. The average molecular weight is 480 g/mol. The molecule has 0 saturated carbocycles. The van der Waals surface area contributed by atoms with Crippen molar-refractivity contribution in [1.29, 1.82) is 5.26 Å². The van der Waals surface area contributed by atoms with Crippen LogP contribution >= 0.6 is 0 Å². The van der Waals surface area contributed by atoms with Crippen LogP contribution in [0, 0.1) is 17.2 Å². The zero-order valence-electron chi connectivity index (χ0n) is 18.8. The van der Waals surface area contributed by atoms with Gasteiger partial charge in [-0.15, -0.1) is 0 Å². The van der Waals surface area contributed by atoms with Crippen LogP contribution in [0.25, 0.3) is 22.3 Å². The minimum atomic E-state index is -0.916. The molecule has 11 heteroatoms. The van der Waals surface area contributed by atoms with Gasteiger partial charge in [0.25, 0.3) is 0 Å². The molecule has 0 spiro atoms. The number of halogens is 3. The first-order chi connectivity index (χ1) is 17.2. The Morgan fingerprint density at radius 1 is 1.17 bits per heavy atom.